The summed E-state index contributed by atoms with van der Waals surface area (Å²) < 4.78 is 36.6. The zero-order chi connectivity index (χ0) is 25.4. The summed E-state index contributed by atoms with van der Waals surface area (Å²) in [5.74, 6) is -2.47. The van der Waals surface area contributed by atoms with E-state index in [1.165, 1.54) is 24.1 Å². The third kappa shape index (κ3) is 4.06. The SMILES string of the molecule is COc1ccc(-n2nnnc2-c2cc(-c3cnn(C4CCCN(C(=O)O)C4)c3)cnc2N)c(F)c1F. The number of pyridine rings is 1. The fourth-order valence-corrected chi connectivity index (χ4v) is 4.20. The summed E-state index contributed by atoms with van der Waals surface area (Å²) >= 11 is 0. The standard InChI is InChI=1S/C22H21F2N9O3/c1-36-17-5-4-16(18(23)19(17)24)33-21(28-29-30-33)15-7-12(8-26-20(15)25)13-9-27-32(10-13)14-3-2-6-31(11-14)22(34)35/h4-5,7-10,14H,2-3,6,11H2,1H3,(H2,25,26)(H,34,35). The predicted molar refractivity (Wildman–Crippen MR) is 122 cm³/mol. The quantitative estimate of drug-likeness (QED) is 0.424. The first-order chi connectivity index (χ1) is 17.4. The zero-order valence-corrected chi connectivity index (χ0v) is 19.0. The fraction of sp³-hybridized carbons (Fsp3) is 0.273. The summed E-state index contributed by atoms with van der Waals surface area (Å²) in [5.41, 5.74) is 7.50. The minimum Gasteiger partial charge on any atom is -0.494 e. The average molecular weight is 497 g/mol. The molecule has 1 saturated heterocycles. The van der Waals surface area contributed by atoms with Crippen LogP contribution in [0, 0.1) is 11.6 Å². The number of hydrogen-bond acceptors (Lipinski definition) is 8. The molecule has 0 bridgehead atoms. The molecule has 5 rings (SSSR count). The summed E-state index contributed by atoms with van der Waals surface area (Å²) in [6.07, 6.45) is 5.57. The van der Waals surface area contributed by atoms with Crippen LogP contribution in [0.15, 0.2) is 36.8 Å². The molecule has 1 aromatic carbocycles. The summed E-state index contributed by atoms with van der Waals surface area (Å²) in [6, 6.07) is 4.14. The highest BCUT2D eigenvalue weighted by Gasteiger charge is 2.26. The summed E-state index contributed by atoms with van der Waals surface area (Å²) in [5, 5.41) is 25.1. The Balaban J connectivity index is 1.49. The number of benzene rings is 1. The molecule has 0 aliphatic carbocycles. The molecule has 0 saturated carbocycles. The fourth-order valence-electron chi connectivity index (χ4n) is 4.20. The van der Waals surface area contributed by atoms with Crippen molar-refractivity contribution in [3.63, 3.8) is 0 Å². The normalized spacial score (nSPS) is 15.8. The molecule has 0 spiro atoms. The number of hydrogen-bond donors (Lipinski definition) is 2. The second-order valence-corrected chi connectivity index (χ2v) is 8.22. The maximum absolute atomic E-state index is 14.7. The van der Waals surface area contributed by atoms with Crippen molar-refractivity contribution in [2.75, 3.05) is 25.9 Å². The van der Waals surface area contributed by atoms with Gasteiger partial charge in [-0.05, 0) is 41.5 Å². The number of anilines is 1. The van der Waals surface area contributed by atoms with Gasteiger partial charge in [0.15, 0.2) is 17.4 Å². The van der Waals surface area contributed by atoms with Crippen LogP contribution in [0.2, 0.25) is 0 Å². The van der Waals surface area contributed by atoms with Gasteiger partial charge in [-0.1, -0.05) is 0 Å². The Labute approximate surface area is 202 Å². The Morgan fingerprint density at radius 2 is 2.06 bits per heavy atom. The number of methoxy groups -OCH3 is 1. The number of nitrogens with zero attached hydrogens (tertiary/aromatic N) is 8. The Bertz CT molecular complexity index is 1440. The molecular formula is C22H21F2N9O3. The van der Waals surface area contributed by atoms with Crippen LogP contribution in [0.4, 0.5) is 19.4 Å². The molecule has 12 nitrogen and oxygen atoms in total. The number of nitrogen functional groups attached to an aromatic ring is 1. The zero-order valence-electron chi connectivity index (χ0n) is 19.0. The van der Waals surface area contributed by atoms with Crippen LogP contribution in [0.1, 0.15) is 18.9 Å². The monoisotopic (exact) mass is 497 g/mol. The lowest BCUT2D eigenvalue weighted by Gasteiger charge is -2.30. The molecule has 3 aromatic heterocycles. The second kappa shape index (κ2) is 9.20. The van der Waals surface area contributed by atoms with Gasteiger partial charge in [0.25, 0.3) is 0 Å². The van der Waals surface area contributed by atoms with Crippen LogP contribution in [0.5, 0.6) is 5.75 Å². The average Bonchev–Trinajstić information content (AvgIpc) is 3.57. The number of aromatic nitrogens is 7. The minimum atomic E-state index is -1.19. The van der Waals surface area contributed by atoms with Gasteiger partial charge < -0.3 is 20.5 Å². The van der Waals surface area contributed by atoms with Crippen molar-refractivity contribution in [3.8, 4) is 34.0 Å². The molecule has 0 radical (unpaired) electrons. The van der Waals surface area contributed by atoms with E-state index in [0.717, 1.165) is 17.5 Å². The molecule has 4 heterocycles. The molecule has 4 aromatic rings. The highest BCUT2D eigenvalue weighted by molar-refractivity contribution is 5.76. The first-order valence-electron chi connectivity index (χ1n) is 11.0. The van der Waals surface area contributed by atoms with E-state index in [4.69, 9.17) is 10.5 Å². The Morgan fingerprint density at radius 3 is 2.83 bits per heavy atom. The van der Waals surface area contributed by atoms with Crippen molar-refractivity contribution in [3.05, 3.63) is 48.4 Å². The molecular weight excluding hydrogens is 476 g/mol. The van der Waals surface area contributed by atoms with Gasteiger partial charge in [-0.15, -0.1) is 5.10 Å². The number of likely N-dealkylation sites (tertiary alicyclic amines) is 1. The number of tetrazole rings is 1. The van der Waals surface area contributed by atoms with Gasteiger partial charge in [0.2, 0.25) is 5.82 Å². The molecule has 1 fully saturated rings. The van der Waals surface area contributed by atoms with E-state index in [0.29, 0.717) is 29.8 Å². The Hall–Kier alpha value is -4.62. The third-order valence-electron chi connectivity index (χ3n) is 6.08. The first kappa shape index (κ1) is 23.1. The predicted octanol–water partition coefficient (Wildman–Crippen LogP) is 2.77. The smallest absolute Gasteiger partial charge is 0.407 e. The van der Waals surface area contributed by atoms with E-state index in [1.807, 2.05) is 0 Å². The molecule has 14 heteroatoms. The maximum atomic E-state index is 14.7. The highest BCUT2D eigenvalue weighted by atomic mass is 19.2. The lowest BCUT2D eigenvalue weighted by molar-refractivity contribution is 0.119. The molecule has 1 amide bonds. The third-order valence-corrected chi connectivity index (χ3v) is 6.08. The topological polar surface area (TPSA) is 150 Å². The summed E-state index contributed by atoms with van der Waals surface area (Å²) in [6.45, 7) is 0.846. The van der Waals surface area contributed by atoms with E-state index in [2.05, 4.69) is 25.6 Å². The van der Waals surface area contributed by atoms with Gasteiger partial charge in [0.1, 0.15) is 11.5 Å². The Kier molecular flexibility index (Phi) is 5.91. The van der Waals surface area contributed by atoms with Gasteiger partial charge in [-0.2, -0.15) is 14.2 Å². The van der Waals surface area contributed by atoms with Crippen LogP contribution in [-0.4, -0.2) is 71.3 Å². The van der Waals surface area contributed by atoms with Crippen LogP contribution >= 0.6 is 0 Å². The van der Waals surface area contributed by atoms with Crippen molar-refractivity contribution in [2.24, 2.45) is 0 Å². The highest BCUT2D eigenvalue weighted by Crippen LogP contribution is 2.32. The van der Waals surface area contributed by atoms with E-state index in [-0.39, 0.29) is 29.1 Å². The maximum Gasteiger partial charge on any atom is 0.407 e. The molecule has 3 N–H and O–H groups in total. The van der Waals surface area contributed by atoms with Crippen molar-refractivity contribution in [1.82, 2.24) is 39.9 Å². The number of rotatable bonds is 5. The number of carboxylic acid groups (broad SMARTS) is 1. The number of carbonyl (C=O) groups is 1. The van der Waals surface area contributed by atoms with Crippen LogP contribution in [0.3, 0.4) is 0 Å². The number of piperidine rings is 1. The van der Waals surface area contributed by atoms with Crippen molar-refractivity contribution < 1.29 is 23.4 Å². The van der Waals surface area contributed by atoms with E-state index in [1.54, 1.807) is 29.3 Å². The van der Waals surface area contributed by atoms with Crippen molar-refractivity contribution in [1.29, 1.82) is 0 Å². The van der Waals surface area contributed by atoms with E-state index in [9.17, 15) is 18.7 Å². The van der Waals surface area contributed by atoms with Gasteiger partial charge in [-0.25, -0.2) is 14.2 Å². The van der Waals surface area contributed by atoms with Gasteiger partial charge in [-0.3, -0.25) is 4.68 Å². The van der Waals surface area contributed by atoms with Crippen molar-refractivity contribution in [2.45, 2.75) is 18.9 Å². The van der Waals surface area contributed by atoms with Gasteiger partial charge in [0, 0.05) is 36.6 Å². The number of ether oxygens (including phenoxy) is 1. The largest absolute Gasteiger partial charge is 0.494 e. The number of amides is 1. The first-order valence-corrected chi connectivity index (χ1v) is 11.0. The second-order valence-electron chi connectivity index (χ2n) is 8.22. The summed E-state index contributed by atoms with van der Waals surface area (Å²) in [7, 11) is 1.23. The number of nitrogens with two attached hydrogens (primary N) is 1. The van der Waals surface area contributed by atoms with Gasteiger partial charge in [0.05, 0.1) is 24.9 Å². The molecule has 1 unspecified atom stereocenters. The molecule has 1 aliphatic heterocycles. The molecule has 1 aliphatic rings. The van der Waals surface area contributed by atoms with Crippen LogP contribution in [0.25, 0.3) is 28.2 Å². The molecule has 1 atom stereocenters. The van der Waals surface area contributed by atoms with E-state index < -0.39 is 17.7 Å². The van der Waals surface area contributed by atoms with Crippen LogP contribution in [-0.2, 0) is 0 Å². The van der Waals surface area contributed by atoms with Crippen molar-refractivity contribution >= 4 is 11.9 Å². The number of halogens is 2. The lowest BCUT2D eigenvalue weighted by atomic mass is 10.1. The Morgan fingerprint density at radius 1 is 1.22 bits per heavy atom. The van der Waals surface area contributed by atoms with E-state index >= 15 is 0 Å². The van der Waals surface area contributed by atoms with Gasteiger partial charge >= 0.3 is 6.09 Å². The lowest BCUT2D eigenvalue weighted by Crippen LogP contribution is -2.39. The molecule has 186 valence electrons. The summed E-state index contributed by atoms with van der Waals surface area (Å²) in [4.78, 5) is 17.0. The molecule has 36 heavy (non-hydrogen) atoms. The van der Waals surface area contributed by atoms with Crippen LogP contribution < -0.4 is 10.5 Å². The minimum absolute atomic E-state index is 0.0575.